The first kappa shape index (κ1) is 45.9. The summed E-state index contributed by atoms with van der Waals surface area (Å²) in [5.74, 6) is 0. The molecule has 354 valence electrons. The zero-order valence-electron chi connectivity index (χ0n) is 42.3. The van der Waals surface area contributed by atoms with Crippen molar-refractivity contribution in [1.82, 2.24) is 0 Å². The molecule has 0 bridgehead atoms. The lowest BCUT2D eigenvalue weighted by Gasteiger charge is -2.32. The summed E-state index contributed by atoms with van der Waals surface area (Å²) in [7, 11) is 0. The molecule has 0 saturated heterocycles. The van der Waals surface area contributed by atoms with Gasteiger partial charge in [-0.25, -0.2) is 0 Å². The van der Waals surface area contributed by atoms with E-state index < -0.39 is 0 Å². The molecule has 0 atom stereocenters. The predicted octanol–water partition coefficient (Wildman–Crippen LogP) is 20.5. The van der Waals surface area contributed by atoms with Crippen LogP contribution in [0.1, 0.15) is 22.3 Å². The van der Waals surface area contributed by atoms with E-state index >= 15 is 0 Å². The summed E-state index contributed by atoms with van der Waals surface area (Å²) in [5.41, 5.74) is 23.6. The van der Waals surface area contributed by atoms with Gasteiger partial charge in [-0.3, -0.25) is 0 Å². The summed E-state index contributed by atoms with van der Waals surface area (Å²) in [5, 5.41) is 5.00. The molecule has 0 unspecified atom stereocenters. The highest BCUT2D eigenvalue weighted by Gasteiger charge is 2.24. The van der Waals surface area contributed by atoms with Gasteiger partial charge < -0.3 is 9.80 Å². The third-order valence-corrected chi connectivity index (χ3v) is 14.7. The van der Waals surface area contributed by atoms with Gasteiger partial charge in [-0.2, -0.15) is 0 Å². The number of anilines is 6. The number of nitrogens with zero attached hydrogens (tertiary/aromatic N) is 2. The van der Waals surface area contributed by atoms with Gasteiger partial charge in [-0.15, -0.1) is 0 Å². The molecule has 0 heterocycles. The lowest BCUT2D eigenvalue weighted by Crippen LogP contribution is -2.14. The average molecular weight is 949 g/mol. The standard InChI is InChI=1S/C72H56N2/c1-49-45-59(46-50(2)71(49)73(69-35-17-15-31-67(69)55-21-7-5-8-22-55)61-41-37-57(38-42-61)65-33-19-27-53-25-11-13-29-63(53)65)60-47-51(3)72(52(4)48-60)74(70-36-18-16-32-68(70)56-23-9-6-10-24-56)62-43-39-58(40-44-62)66-34-20-28-54-26-12-14-30-64(54)66/h5-48H,1-4H3. The third-order valence-electron chi connectivity index (χ3n) is 14.7. The fraction of sp³-hybridized carbons (Fsp3) is 0.0556. The molecule has 2 nitrogen and oxygen atoms in total. The van der Waals surface area contributed by atoms with E-state index in [1.54, 1.807) is 0 Å². The van der Waals surface area contributed by atoms with Gasteiger partial charge in [0.25, 0.3) is 0 Å². The maximum Gasteiger partial charge on any atom is 0.0540 e. The van der Waals surface area contributed by atoms with E-state index in [-0.39, 0.29) is 0 Å². The van der Waals surface area contributed by atoms with Crippen molar-refractivity contribution in [2.45, 2.75) is 27.7 Å². The molecule has 12 aromatic carbocycles. The molecule has 0 aromatic heterocycles. The fourth-order valence-corrected chi connectivity index (χ4v) is 11.3. The van der Waals surface area contributed by atoms with E-state index in [0.717, 1.165) is 22.7 Å². The van der Waals surface area contributed by atoms with Crippen molar-refractivity contribution in [3.63, 3.8) is 0 Å². The lowest BCUT2D eigenvalue weighted by molar-refractivity contribution is 1.21. The Balaban J connectivity index is 0.964. The summed E-state index contributed by atoms with van der Waals surface area (Å²) in [4.78, 5) is 4.94. The molecular formula is C72H56N2. The third kappa shape index (κ3) is 8.61. The molecule has 0 amide bonds. The molecule has 74 heavy (non-hydrogen) atoms. The van der Waals surface area contributed by atoms with Crippen LogP contribution in [0.4, 0.5) is 34.1 Å². The fourth-order valence-electron chi connectivity index (χ4n) is 11.3. The van der Waals surface area contributed by atoms with E-state index in [1.807, 2.05) is 0 Å². The van der Waals surface area contributed by atoms with Crippen LogP contribution in [0.15, 0.2) is 267 Å². The Morgan fingerprint density at radius 1 is 0.230 bits per heavy atom. The SMILES string of the molecule is Cc1cc(-c2cc(C)c(N(c3ccc(-c4cccc5ccccc45)cc3)c3ccccc3-c3ccccc3)c(C)c2)cc(C)c1N(c1ccc(-c2cccc3ccccc23)cc1)c1ccccc1-c1ccccc1. The molecule has 0 aliphatic carbocycles. The Bertz CT molecular complexity index is 3670. The molecule has 0 spiro atoms. The van der Waals surface area contributed by atoms with Gasteiger partial charge in [0.2, 0.25) is 0 Å². The minimum absolute atomic E-state index is 1.10. The van der Waals surface area contributed by atoms with Crippen molar-refractivity contribution in [2.24, 2.45) is 0 Å². The van der Waals surface area contributed by atoms with Crippen LogP contribution >= 0.6 is 0 Å². The molecule has 12 rings (SSSR count). The Morgan fingerprint density at radius 3 is 0.919 bits per heavy atom. The van der Waals surface area contributed by atoms with Crippen LogP contribution in [0.5, 0.6) is 0 Å². The van der Waals surface area contributed by atoms with Crippen LogP contribution in [0, 0.1) is 27.7 Å². The van der Waals surface area contributed by atoms with Crippen molar-refractivity contribution in [2.75, 3.05) is 9.80 Å². The number of hydrogen-bond donors (Lipinski definition) is 0. The second-order valence-electron chi connectivity index (χ2n) is 19.5. The molecule has 0 fully saturated rings. The highest BCUT2D eigenvalue weighted by molar-refractivity contribution is 5.99. The van der Waals surface area contributed by atoms with Gasteiger partial charge >= 0.3 is 0 Å². The van der Waals surface area contributed by atoms with Crippen molar-refractivity contribution >= 4 is 55.7 Å². The quantitative estimate of drug-likeness (QED) is 0.127. The molecular weight excluding hydrogens is 893 g/mol. The van der Waals surface area contributed by atoms with Gasteiger partial charge in [0, 0.05) is 22.5 Å². The topological polar surface area (TPSA) is 6.48 Å². The minimum atomic E-state index is 1.10. The zero-order valence-corrected chi connectivity index (χ0v) is 42.3. The number of hydrogen-bond acceptors (Lipinski definition) is 2. The Kier molecular flexibility index (Phi) is 12.2. The molecule has 0 aliphatic heterocycles. The summed E-state index contributed by atoms with van der Waals surface area (Å²) < 4.78 is 0. The second kappa shape index (κ2) is 19.8. The van der Waals surface area contributed by atoms with Crippen LogP contribution < -0.4 is 9.80 Å². The van der Waals surface area contributed by atoms with Crippen LogP contribution in [-0.2, 0) is 0 Å². The van der Waals surface area contributed by atoms with E-state index in [2.05, 4.69) is 304 Å². The Morgan fingerprint density at radius 2 is 0.527 bits per heavy atom. The molecule has 0 N–H and O–H groups in total. The van der Waals surface area contributed by atoms with Gasteiger partial charge in [-0.1, -0.05) is 206 Å². The van der Waals surface area contributed by atoms with Crippen LogP contribution in [-0.4, -0.2) is 0 Å². The predicted molar refractivity (Wildman–Crippen MR) is 317 cm³/mol. The number of benzene rings is 12. The van der Waals surface area contributed by atoms with Crippen molar-refractivity contribution in [3.8, 4) is 55.6 Å². The normalized spacial score (nSPS) is 11.2. The first-order chi connectivity index (χ1) is 36.4. The second-order valence-corrected chi connectivity index (χ2v) is 19.5. The highest BCUT2D eigenvalue weighted by Crippen LogP contribution is 2.48. The Hall–Kier alpha value is -9.24. The summed E-state index contributed by atoms with van der Waals surface area (Å²) in [6.45, 7) is 9.08. The first-order valence-electron chi connectivity index (χ1n) is 25.7. The first-order valence-corrected chi connectivity index (χ1v) is 25.7. The number of aryl methyl sites for hydroxylation is 4. The van der Waals surface area contributed by atoms with Crippen LogP contribution in [0.2, 0.25) is 0 Å². The van der Waals surface area contributed by atoms with Crippen molar-refractivity contribution in [1.29, 1.82) is 0 Å². The van der Waals surface area contributed by atoms with Crippen LogP contribution in [0.3, 0.4) is 0 Å². The smallest absolute Gasteiger partial charge is 0.0540 e. The lowest BCUT2D eigenvalue weighted by atomic mass is 9.93. The maximum absolute atomic E-state index is 2.47. The molecule has 0 aliphatic rings. The molecule has 0 radical (unpaired) electrons. The largest absolute Gasteiger partial charge is 0.309 e. The number of fused-ring (bicyclic) bond motifs is 2. The van der Waals surface area contributed by atoms with Crippen molar-refractivity contribution in [3.05, 3.63) is 289 Å². The van der Waals surface area contributed by atoms with E-state index in [9.17, 15) is 0 Å². The van der Waals surface area contributed by atoms with Gasteiger partial charge in [-0.05, 0) is 177 Å². The number of rotatable bonds is 11. The maximum atomic E-state index is 2.47. The van der Waals surface area contributed by atoms with Crippen LogP contribution in [0.25, 0.3) is 77.2 Å². The minimum Gasteiger partial charge on any atom is -0.309 e. The average Bonchev–Trinajstić information content (AvgIpc) is 3.45. The summed E-state index contributed by atoms with van der Waals surface area (Å²) in [6.07, 6.45) is 0. The monoisotopic (exact) mass is 948 g/mol. The van der Waals surface area contributed by atoms with E-state index in [4.69, 9.17) is 0 Å². The van der Waals surface area contributed by atoms with E-state index in [1.165, 1.54) is 111 Å². The zero-order chi connectivity index (χ0) is 50.1. The highest BCUT2D eigenvalue weighted by atomic mass is 15.2. The number of para-hydroxylation sites is 2. The summed E-state index contributed by atoms with van der Waals surface area (Å²) in [6, 6.07) is 97.4. The van der Waals surface area contributed by atoms with Gasteiger partial charge in [0.05, 0.1) is 22.7 Å². The summed E-state index contributed by atoms with van der Waals surface area (Å²) >= 11 is 0. The van der Waals surface area contributed by atoms with Gasteiger partial charge in [0.1, 0.15) is 0 Å². The Labute approximate surface area is 435 Å². The van der Waals surface area contributed by atoms with Crippen molar-refractivity contribution < 1.29 is 0 Å². The molecule has 0 saturated carbocycles. The molecule has 2 heteroatoms. The molecule has 12 aromatic rings. The van der Waals surface area contributed by atoms with E-state index in [0.29, 0.717) is 0 Å². The van der Waals surface area contributed by atoms with Gasteiger partial charge in [0.15, 0.2) is 0 Å².